The minimum absolute atomic E-state index is 0.0822. The summed E-state index contributed by atoms with van der Waals surface area (Å²) in [5.74, 6) is -0.792. The van der Waals surface area contributed by atoms with Gasteiger partial charge in [-0.2, -0.15) is 13.2 Å². The van der Waals surface area contributed by atoms with Gasteiger partial charge in [-0.1, -0.05) is 74.7 Å². The number of thiazole rings is 1. The van der Waals surface area contributed by atoms with Crippen molar-refractivity contribution in [3.63, 3.8) is 0 Å². The smallest absolute Gasteiger partial charge is 0.434 e. The molecule has 43 heavy (non-hydrogen) atoms. The quantitative estimate of drug-likeness (QED) is 0.194. The third-order valence-electron chi connectivity index (χ3n) is 6.35. The fourth-order valence-electron chi connectivity index (χ4n) is 4.45. The second-order valence-electron chi connectivity index (χ2n) is 9.21. The zero-order valence-electron chi connectivity index (χ0n) is 22.1. The molecule has 0 bridgehead atoms. The number of nitrogens with zero attached hydrogens (tertiary/aromatic N) is 2. The molecule has 5 rings (SSSR count). The van der Waals surface area contributed by atoms with Crippen LogP contribution in [-0.4, -0.2) is 23.3 Å². The van der Waals surface area contributed by atoms with Crippen molar-refractivity contribution in [2.75, 3.05) is 6.61 Å². The van der Waals surface area contributed by atoms with E-state index in [0.29, 0.717) is 25.8 Å². The summed E-state index contributed by atoms with van der Waals surface area (Å²) >= 11 is 16.2. The lowest BCUT2D eigenvalue weighted by Gasteiger charge is -2.26. The van der Waals surface area contributed by atoms with Gasteiger partial charge in [0.15, 0.2) is 10.5 Å². The van der Waals surface area contributed by atoms with Crippen molar-refractivity contribution >= 4 is 62.5 Å². The number of aromatic nitrogens is 1. The molecule has 13 heteroatoms. The number of ether oxygens (including phenoxy) is 2. The molecule has 4 aromatic rings. The predicted molar refractivity (Wildman–Crippen MR) is 162 cm³/mol. The molecule has 0 N–H and O–H groups in total. The SMILES string of the molecule is CCOC(=O)C1=C(C(F)(F)F)N=c2s/c(=C\c3cc(Br)ccc3OCc3ccc(Cl)cc3)c(=O)n2[C@H]1c1ccc(Cl)cc1. The molecule has 222 valence electrons. The Morgan fingerprint density at radius 1 is 1.07 bits per heavy atom. The highest BCUT2D eigenvalue weighted by molar-refractivity contribution is 9.10. The summed E-state index contributed by atoms with van der Waals surface area (Å²) in [7, 11) is 0. The highest BCUT2D eigenvalue weighted by atomic mass is 79.9. The zero-order valence-corrected chi connectivity index (χ0v) is 26.0. The first kappa shape index (κ1) is 31.1. The van der Waals surface area contributed by atoms with E-state index < -0.39 is 35.0 Å². The number of carbonyl (C=O) groups excluding carboxylic acids is 1. The van der Waals surface area contributed by atoms with Gasteiger partial charge in [0, 0.05) is 20.1 Å². The van der Waals surface area contributed by atoms with Gasteiger partial charge in [-0.25, -0.2) is 9.79 Å². The van der Waals surface area contributed by atoms with E-state index in [-0.39, 0.29) is 28.1 Å². The van der Waals surface area contributed by atoms with Gasteiger partial charge in [0.2, 0.25) is 0 Å². The third-order valence-corrected chi connectivity index (χ3v) is 8.33. The highest BCUT2D eigenvalue weighted by Crippen LogP contribution is 2.38. The van der Waals surface area contributed by atoms with Crippen molar-refractivity contribution < 1.29 is 27.4 Å². The number of fused-ring (bicyclic) bond motifs is 1. The number of alkyl halides is 3. The number of halogens is 6. The van der Waals surface area contributed by atoms with Gasteiger partial charge in [0.05, 0.1) is 22.8 Å². The van der Waals surface area contributed by atoms with Crippen molar-refractivity contribution in [3.05, 3.63) is 129 Å². The maximum Gasteiger partial charge on any atom is 0.434 e. The van der Waals surface area contributed by atoms with Crippen molar-refractivity contribution in [1.29, 1.82) is 0 Å². The van der Waals surface area contributed by atoms with Gasteiger partial charge in [0.1, 0.15) is 12.4 Å². The lowest BCUT2D eigenvalue weighted by Crippen LogP contribution is -2.41. The van der Waals surface area contributed by atoms with Crippen molar-refractivity contribution in [2.24, 2.45) is 4.99 Å². The van der Waals surface area contributed by atoms with Crippen molar-refractivity contribution in [1.82, 2.24) is 4.57 Å². The van der Waals surface area contributed by atoms with E-state index in [1.807, 2.05) is 12.1 Å². The fraction of sp³-hybridized carbons (Fsp3) is 0.167. The molecule has 0 unspecified atom stereocenters. The Morgan fingerprint density at radius 3 is 2.35 bits per heavy atom. The van der Waals surface area contributed by atoms with E-state index in [2.05, 4.69) is 20.9 Å². The summed E-state index contributed by atoms with van der Waals surface area (Å²) in [4.78, 5) is 30.4. The Hall–Kier alpha value is -3.38. The van der Waals surface area contributed by atoms with E-state index >= 15 is 0 Å². The van der Waals surface area contributed by atoms with Crippen LogP contribution in [0.4, 0.5) is 13.2 Å². The molecule has 0 fully saturated rings. The van der Waals surface area contributed by atoms with E-state index in [1.54, 1.807) is 30.3 Å². The van der Waals surface area contributed by atoms with Crippen LogP contribution in [-0.2, 0) is 16.1 Å². The molecule has 6 nitrogen and oxygen atoms in total. The third kappa shape index (κ3) is 6.75. The maximum atomic E-state index is 14.3. The highest BCUT2D eigenvalue weighted by Gasteiger charge is 2.45. The molecule has 0 amide bonds. The van der Waals surface area contributed by atoms with Gasteiger partial charge in [-0.15, -0.1) is 0 Å². The van der Waals surface area contributed by atoms with E-state index in [9.17, 15) is 22.8 Å². The molecule has 0 radical (unpaired) electrons. The number of allylic oxidation sites excluding steroid dienone is 1. The summed E-state index contributed by atoms with van der Waals surface area (Å²) in [6.45, 7) is 1.51. The Morgan fingerprint density at radius 2 is 1.72 bits per heavy atom. The van der Waals surface area contributed by atoms with Crippen LogP contribution < -0.4 is 19.6 Å². The monoisotopic (exact) mass is 710 g/mol. The standard InChI is InChI=1S/C30H20BrCl2F3N2O4S/c1-2-41-28(40)24-25(17-5-10-21(33)11-6-17)38-27(39)23(43-29(38)37-26(24)30(34,35)36)14-18-13-19(31)7-12-22(18)42-15-16-3-8-20(32)9-4-16/h3-14,25H,2,15H2,1H3/b23-14-/t25-/m0/s1. The van der Waals surface area contributed by atoms with Crippen LogP contribution >= 0.6 is 50.5 Å². The Balaban J connectivity index is 1.68. The van der Waals surface area contributed by atoms with Gasteiger partial charge < -0.3 is 9.47 Å². The fourth-order valence-corrected chi connectivity index (χ4v) is 6.07. The molecule has 0 aliphatic carbocycles. The van der Waals surface area contributed by atoms with E-state index in [0.717, 1.165) is 21.5 Å². The van der Waals surface area contributed by atoms with Crippen LogP contribution in [0, 0.1) is 0 Å². The van der Waals surface area contributed by atoms with Gasteiger partial charge in [0.25, 0.3) is 5.56 Å². The number of carbonyl (C=O) groups is 1. The van der Waals surface area contributed by atoms with Gasteiger partial charge in [-0.3, -0.25) is 9.36 Å². The lowest BCUT2D eigenvalue weighted by atomic mass is 9.95. The topological polar surface area (TPSA) is 69.9 Å². The second kappa shape index (κ2) is 12.7. The van der Waals surface area contributed by atoms with Gasteiger partial charge in [-0.05, 0) is 66.6 Å². The molecule has 3 aromatic carbocycles. The Kier molecular flexibility index (Phi) is 9.17. The Bertz CT molecular complexity index is 1900. The number of rotatable bonds is 7. The summed E-state index contributed by atoms with van der Waals surface area (Å²) in [6, 6.07) is 16.7. The van der Waals surface area contributed by atoms with Crippen LogP contribution in [0.5, 0.6) is 5.75 Å². The van der Waals surface area contributed by atoms with Crippen LogP contribution in [0.25, 0.3) is 6.08 Å². The first-order chi connectivity index (χ1) is 20.5. The number of esters is 1. The lowest BCUT2D eigenvalue weighted by molar-refractivity contribution is -0.140. The molecular formula is C30H20BrCl2F3N2O4S. The number of hydrogen-bond donors (Lipinski definition) is 0. The van der Waals surface area contributed by atoms with Crippen LogP contribution in [0.2, 0.25) is 10.0 Å². The molecule has 1 aliphatic rings. The number of benzene rings is 3. The first-order valence-corrected chi connectivity index (χ1v) is 15.1. The molecule has 1 atom stereocenters. The normalized spacial score (nSPS) is 15.2. The average molecular weight is 712 g/mol. The molecule has 0 spiro atoms. The van der Waals surface area contributed by atoms with Crippen LogP contribution in [0.3, 0.4) is 0 Å². The molecule has 2 heterocycles. The summed E-state index contributed by atoms with van der Waals surface area (Å²) < 4.78 is 55.9. The average Bonchev–Trinajstić information content (AvgIpc) is 3.27. The van der Waals surface area contributed by atoms with Gasteiger partial charge >= 0.3 is 12.1 Å². The minimum atomic E-state index is -5.01. The zero-order chi connectivity index (χ0) is 30.9. The Labute approximate surface area is 265 Å². The van der Waals surface area contributed by atoms with Crippen LogP contribution in [0.15, 0.2) is 92.3 Å². The molecule has 1 aromatic heterocycles. The van der Waals surface area contributed by atoms with E-state index in [1.165, 1.54) is 37.3 Å². The summed E-state index contributed by atoms with van der Waals surface area (Å²) in [5.41, 5.74) is -1.27. The second-order valence-corrected chi connectivity index (χ2v) is 12.0. The van der Waals surface area contributed by atoms with E-state index in [4.69, 9.17) is 32.7 Å². The van der Waals surface area contributed by atoms with Crippen molar-refractivity contribution in [2.45, 2.75) is 25.7 Å². The maximum absolute atomic E-state index is 14.3. The number of hydrogen-bond acceptors (Lipinski definition) is 6. The van der Waals surface area contributed by atoms with Crippen molar-refractivity contribution in [3.8, 4) is 5.75 Å². The first-order valence-electron chi connectivity index (χ1n) is 12.7. The molecule has 0 saturated carbocycles. The summed E-state index contributed by atoms with van der Waals surface area (Å²) in [5, 5.41) is 0.912. The molecule has 0 saturated heterocycles. The predicted octanol–water partition coefficient (Wildman–Crippen LogP) is 6.99. The minimum Gasteiger partial charge on any atom is -0.488 e. The van der Waals surface area contributed by atoms with Crippen LogP contribution in [0.1, 0.15) is 29.7 Å². The molecular weight excluding hydrogens is 692 g/mol. The molecule has 1 aliphatic heterocycles. The summed E-state index contributed by atoms with van der Waals surface area (Å²) in [6.07, 6.45) is -3.49. The largest absolute Gasteiger partial charge is 0.488 e.